The second-order valence-corrected chi connectivity index (χ2v) is 8.65. The summed E-state index contributed by atoms with van der Waals surface area (Å²) >= 11 is 0.794. The molecule has 0 saturated carbocycles. The summed E-state index contributed by atoms with van der Waals surface area (Å²) in [5.74, 6) is -1.37. The molecule has 1 N–H and O–H groups in total. The number of carboxylic acid groups (broad SMARTS) is 1. The molecule has 0 unspecified atom stereocenters. The minimum absolute atomic E-state index is 0.0934. The van der Waals surface area contributed by atoms with E-state index in [4.69, 9.17) is 9.47 Å². The molecule has 8 nitrogen and oxygen atoms in total. The molecule has 9 heteroatoms. The van der Waals surface area contributed by atoms with Crippen LogP contribution in [-0.2, 0) is 9.47 Å². The highest BCUT2D eigenvalue weighted by atomic mass is 32.1. The standard InChI is InChI=1S/C17H22N2O6S/c1-9-10(8-18)11(12(26-9)13(20)21)19(14(22)24-16(2,3)4)15(23)25-17(5,6)7/h1-7H3,(H,20,21). The molecule has 26 heavy (non-hydrogen) atoms. The minimum Gasteiger partial charge on any atom is -0.477 e. The predicted octanol–water partition coefficient (Wildman–Crippen LogP) is 4.30. The maximum atomic E-state index is 12.6. The molecule has 2 amide bonds. The first-order valence-electron chi connectivity index (χ1n) is 7.71. The summed E-state index contributed by atoms with van der Waals surface area (Å²) in [5.41, 5.74) is -2.33. The third kappa shape index (κ3) is 5.20. The molecule has 1 rings (SSSR count). The van der Waals surface area contributed by atoms with E-state index in [9.17, 15) is 24.8 Å². The number of amides is 2. The van der Waals surface area contributed by atoms with Gasteiger partial charge in [0.15, 0.2) is 0 Å². The second-order valence-electron chi connectivity index (χ2n) is 7.42. The summed E-state index contributed by atoms with van der Waals surface area (Å²) < 4.78 is 10.4. The van der Waals surface area contributed by atoms with Gasteiger partial charge < -0.3 is 14.6 Å². The van der Waals surface area contributed by atoms with Crippen molar-refractivity contribution in [2.75, 3.05) is 4.90 Å². The Morgan fingerprint density at radius 2 is 1.46 bits per heavy atom. The molecule has 0 radical (unpaired) electrons. The molecule has 0 aliphatic rings. The summed E-state index contributed by atoms with van der Waals surface area (Å²) in [6.45, 7) is 11.1. The molecule has 1 aromatic heterocycles. The van der Waals surface area contributed by atoms with Crippen LogP contribution in [0.2, 0.25) is 0 Å². The Morgan fingerprint density at radius 1 is 1.04 bits per heavy atom. The van der Waals surface area contributed by atoms with Crippen LogP contribution in [0.5, 0.6) is 0 Å². The molecular formula is C17H22N2O6S. The van der Waals surface area contributed by atoms with Crippen molar-refractivity contribution in [3.8, 4) is 6.07 Å². The van der Waals surface area contributed by atoms with E-state index < -0.39 is 29.4 Å². The number of rotatable bonds is 2. The minimum atomic E-state index is -1.37. The normalized spacial score (nSPS) is 11.5. The molecular weight excluding hydrogens is 360 g/mol. The summed E-state index contributed by atoms with van der Waals surface area (Å²) in [6.07, 6.45) is -2.24. The second kappa shape index (κ2) is 7.33. The first-order valence-corrected chi connectivity index (χ1v) is 8.52. The largest absolute Gasteiger partial charge is 0.477 e. The van der Waals surface area contributed by atoms with Crippen LogP contribution < -0.4 is 4.90 Å². The van der Waals surface area contributed by atoms with Crippen molar-refractivity contribution in [2.45, 2.75) is 59.7 Å². The fraction of sp³-hybridized carbons (Fsp3) is 0.529. The number of imide groups is 1. The van der Waals surface area contributed by atoms with Gasteiger partial charge >= 0.3 is 18.2 Å². The van der Waals surface area contributed by atoms with Gasteiger partial charge in [0.05, 0.1) is 5.56 Å². The number of ether oxygens (including phenoxy) is 2. The maximum Gasteiger partial charge on any atom is 0.424 e. The van der Waals surface area contributed by atoms with Crippen LogP contribution in [0.3, 0.4) is 0 Å². The van der Waals surface area contributed by atoms with Gasteiger partial charge in [0, 0.05) is 4.88 Å². The van der Waals surface area contributed by atoms with Crippen molar-refractivity contribution in [1.29, 1.82) is 5.26 Å². The molecule has 1 aromatic rings. The molecule has 0 fully saturated rings. The number of hydrogen-bond acceptors (Lipinski definition) is 7. The van der Waals surface area contributed by atoms with Crippen molar-refractivity contribution in [3.05, 3.63) is 15.3 Å². The zero-order valence-electron chi connectivity index (χ0n) is 15.8. The number of carbonyl (C=O) groups excluding carboxylic acids is 2. The van der Waals surface area contributed by atoms with E-state index in [2.05, 4.69) is 0 Å². The Labute approximate surface area is 155 Å². The van der Waals surface area contributed by atoms with E-state index in [-0.39, 0.29) is 16.1 Å². The fourth-order valence-electron chi connectivity index (χ4n) is 1.89. The molecule has 1 heterocycles. The van der Waals surface area contributed by atoms with Crippen LogP contribution in [0.15, 0.2) is 0 Å². The molecule has 0 aromatic carbocycles. The van der Waals surface area contributed by atoms with E-state index >= 15 is 0 Å². The SMILES string of the molecule is Cc1sc(C(=O)O)c(N(C(=O)OC(C)(C)C)C(=O)OC(C)(C)C)c1C#N. The number of nitriles is 1. The Hall–Kier alpha value is -2.60. The van der Waals surface area contributed by atoms with E-state index in [1.54, 1.807) is 41.5 Å². The van der Waals surface area contributed by atoms with Gasteiger partial charge in [-0.05, 0) is 48.5 Å². The van der Waals surface area contributed by atoms with Crippen molar-refractivity contribution in [2.24, 2.45) is 0 Å². The van der Waals surface area contributed by atoms with Crippen LogP contribution in [0.4, 0.5) is 15.3 Å². The summed E-state index contributed by atoms with van der Waals surface area (Å²) in [5, 5.41) is 18.9. The Balaban J connectivity index is 3.61. The highest BCUT2D eigenvalue weighted by Gasteiger charge is 2.38. The van der Waals surface area contributed by atoms with E-state index in [0.29, 0.717) is 9.78 Å². The molecule has 0 spiro atoms. The van der Waals surface area contributed by atoms with Crippen molar-refractivity contribution < 1.29 is 29.0 Å². The van der Waals surface area contributed by atoms with Gasteiger partial charge in [0.25, 0.3) is 0 Å². The van der Waals surface area contributed by atoms with Crippen LogP contribution in [0.25, 0.3) is 0 Å². The van der Waals surface area contributed by atoms with Crippen LogP contribution in [0, 0.1) is 18.3 Å². The maximum absolute atomic E-state index is 12.6. The number of thiophene rings is 1. The lowest BCUT2D eigenvalue weighted by Gasteiger charge is -2.28. The first kappa shape index (κ1) is 21.4. The average molecular weight is 382 g/mol. The first-order chi connectivity index (χ1) is 11.7. The highest BCUT2D eigenvalue weighted by Crippen LogP contribution is 2.37. The zero-order valence-corrected chi connectivity index (χ0v) is 16.6. The number of carbonyl (C=O) groups is 3. The summed E-state index contributed by atoms with van der Waals surface area (Å²) in [6, 6.07) is 1.84. The highest BCUT2D eigenvalue weighted by molar-refractivity contribution is 7.14. The average Bonchev–Trinajstić information content (AvgIpc) is 2.71. The number of hydrogen-bond donors (Lipinski definition) is 1. The topological polar surface area (TPSA) is 117 Å². The van der Waals surface area contributed by atoms with Crippen molar-refractivity contribution in [1.82, 2.24) is 0 Å². The quantitative estimate of drug-likeness (QED) is 0.810. The number of aromatic carboxylic acids is 1. The van der Waals surface area contributed by atoms with Gasteiger partial charge in [0.2, 0.25) is 0 Å². The third-order valence-corrected chi connectivity index (χ3v) is 3.82. The lowest BCUT2D eigenvalue weighted by Crippen LogP contribution is -2.44. The van der Waals surface area contributed by atoms with Gasteiger partial charge in [0.1, 0.15) is 27.8 Å². The number of aryl methyl sites for hydroxylation is 1. The monoisotopic (exact) mass is 382 g/mol. The molecule has 0 bridgehead atoms. The van der Waals surface area contributed by atoms with E-state index in [0.717, 1.165) is 11.3 Å². The number of anilines is 1. The van der Waals surface area contributed by atoms with Crippen molar-refractivity contribution in [3.63, 3.8) is 0 Å². The lowest BCUT2D eigenvalue weighted by atomic mass is 10.2. The number of carboxylic acids is 1. The van der Waals surface area contributed by atoms with Crippen molar-refractivity contribution >= 4 is 35.2 Å². The fourth-order valence-corrected chi connectivity index (χ4v) is 2.82. The Bertz CT molecular complexity index is 749. The summed E-state index contributed by atoms with van der Waals surface area (Å²) in [7, 11) is 0. The van der Waals surface area contributed by atoms with E-state index in [1.165, 1.54) is 6.92 Å². The van der Waals surface area contributed by atoms with E-state index in [1.807, 2.05) is 6.07 Å². The molecule has 142 valence electrons. The van der Waals surface area contributed by atoms with Gasteiger partial charge in [-0.3, -0.25) is 0 Å². The van der Waals surface area contributed by atoms with Crippen LogP contribution in [0.1, 0.15) is 61.7 Å². The molecule has 0 aliphatic heterocycles. The number of nitrogens with zero attached hydrogens (tertiary/aromatic N) is 2. The van der Waals surface area contributed by atoms with Crippen LogP contribution >= 0.6 is 11.3 Å². The molecule has 0 atom stereocenters. The van der Waals surface area contributed by atoms with Gasteiger partial charge in [-0.15, -0.1) is 11.3 Å². The molecule has 0 aliphatic carbocycles. The van der Waals surface area contributed by atoms with Gasteiger partial charge in [-0.1, -0.05) is 0 Å². The lowest BCUT2D eigenvalue weighted by molar-refractivity contribution is 0.0430. The Morgan fingerprint density at radius 3 is 1.77 bits per heavy atom. The Kier molecular flexibility index (Phi) is 6.05. The van der Waals surface area contributed by atoms with Gasteiger partial charge in [-0.25, -0.2) is 14.4 Å². The summed E-state index contributed by atoms with van der Waals surface area (Å²) in [4.78, 5) is 37.4. The van der Waals surface area contributed by atoms with Gasteiger partial charge in [-0.2, -0.15) is 10.2 Å². The third-order valence-electron chi connectivity index (χ3n) is 2.74. The zero-order chi connectivity index (χ0) is 20.4. The predicted molar refractivity (Wildman–Crippen MR) is 95.7 cm³/mol. The molecule has 0 saturated heterocycles. The van der Waals surface area contributed by atoms with Crippen LogP contribution in [-0.4, -0.2) is 34.5 Å². The smallest absolute Gasteiger partial charge is 0.424 e.